The van der Waals surface area contributed by atoms with Crippen LogP contribution in [0.2, 0.25) is 0 Å². The number of carbonyl (C=O) groups excluding carboxylic acids is 3. The van der Waals surface area contributed by atoms with Crippen molar-refractivity contribution >= 4 is 17.9 Å². The topological polar surface area (TPSA) is 105 Å². The third-order valence-electron chi connectivity index (χ3n) is 5.08. The third-order valence-corrected chi connectivity index (χ3v) is 5.08. The summed E-state index contributed by atoms with van der Waals surface area (Å²) < 4.78 is 16.6. The average Bonchev–Trinajstić information content (AvgIpc) is 2.63. The molecule has 1 heterocycles. The lowest BCUT2D eigenvalue weighted by molar-refractivity contribution is -0.654. The molecule has 0 radical (unpaired) electrons. The summed E-state index contributed by atoms with van der Waals surface area (Å²) in [4.78, 5) is 43.7. The highest BCUT2D eigenvalue weighted by Crippen LogP contribution is 2.10. The van der Waals surface area contributed by atoms with Gasteiger partial charge in [-0.15, -0.1) is 0 Å². The molecule has 0 aromatic rings. The van der Waals surface area contributed by atoms with Gasteiger partial charge in [-0.05, 0) is 62.3 Å². The Bertz CT molecular complexity index is 665. The van der Waals surface area contributed by atoms with Crippen LogP contribution in [-0.2, 0) is 28.6 Å². The minimum absolute atomic E-state index is 0.143. The van der Waals surface area contributed by atoms with E-state index in [1.165, 1.54) is 0 Å². The fourth-order valence-corrected chi connectivity index (χ4v) is 3.74. The summed E-state index contributed by atoms with van der Waals surface area (Å²) in [7, 11) is 0. The molecule has 1 aliphatic rings. The Morgan fingerprint density at radius 2 is 0.778 bits per heavy atom. The van der Waals surface area contributed by atoms with E-state index in [1.807, 2.05) is 67.2 Å². The number of carbonyl (C=O) groups is 3. The lowest BCUT2D eigenvalue weighted by Crippen LogP contribution is -2.87. The van der Waals surface area contributed by atoms with Crippen LogP contribution in [-0.4, -0.2) is 121 Å². The molecule has 2 N–H and O–H groups in total. The summed E-state index contributed by atoms with van der Waals surface area (Å²) >= 11 is 0. The van der Waals surface area contributed by atoms with E-state index < -0.39 is 16.8 Å². The smallest absolute Gasteiger partial charge is 0.320 e. The van der Waals surface area contributed by atoms with E-state index in [0.717, 1.165) is 13.1 Å². The van der Waals surface area contributed by atoms with Crippen molar-refractivity contribution in [2.75, 3.05) is 72.0 Å². The first-order chi connectivity index (χ1) is 16.4. The molecule has 1 fully saturated rings. The van der Waals surface area contributed by atoms with Gasteiger partial charge in [-0.3, -0.25) is 29.1 Å². The van der Waals surface area contributed by atoms with Gasteiger partial charge in [0.2, 0.25) is 0 Å². The van der Waals surface area contributed by atoms with E-state index in [2.05, 4.69) is 15.1 Å². The van der Waals surface area contributed by atoms with Crippen LogP contribution in [0.1, 0.15) is 62.3 Å². The molecule has 36 heavy (non-hydrogen) atoms. The predicted molar refractivity (Wildman–Crippen MR) is 139 cm³/mol. The lowest BCUT2D eigenvalue weighted by Gasteiger charge is -2.31. The zero-order valence-corrected chi connectivity index (χ0v) is 24.1. The predicted octanol–water partition coefficient (Wildman–Crippen LogP) is 0.495. The second kappa shape index (κ2) is 14.3. The van der Waals surface area contributed by atoms with Gasteiger partial charge in [-0.1, -0.05) is 0 Å². The summed E-state index contributed by atoms with van der Waals surface area (Å²) in [6.45, 7) is 22.7. The number of nitrogens with two attached hydrogens (primary N) is 1. The summed E-state index contributed by atoms with van der Waals surface area (Å²) in [6.07, 6.45) is 0. The molecule has 1 saturated heterocycles. The second-order valence-electron chi connectivity index (χ2n) is 12.5. The standard InChI is InChI=1S/C26H50N4O6/c1-24(2,3)34-21(31)18-28-12-10-27-11-13-29(19-22(32)35-25(4,5)6)15-17-30(16-14-28)20-23(33)36-26(7,8)9/h27H,10-20H2,1-9H3/p+1. The quantitative estimate of drug-likeness (QED) is 0.400. The van der Waals surface area contributed by atoms with Crippen LogP contribution in [0.5, 0.6) is 0 Å². The highest BCUT2D eigenvalue weighted by atomic mass is 16.6. The van der Waals surface area contributed by atoms with Crippen molar-refractivity contribution < 1.29 is 33.9 Å². The zero-order valence-electron chi connectivity index (χ0n) is 24.1. The molecule has 210 valence electrons. The van der Waals surface area contributed by atoms with E-state index in [-0.39, 0.29) is 37.5 Å². The molecule has 1 aliphatic heterocycles. The minimum Gasteiger partial charge on any atom is -0.459 e. The van der Waals surface area contributed by atoms with Gasteiger partial charge >= 0.3 is 17.9 Å². The van der Waals surface area contributed by atoms with Gasteiger partial charge in [0.05, 0.1) is 32.7 Å². The van der Waals surface area contributed by atoms with Crippen LogP contribution in [0.15, 0.2) is 0 Å². The molecule has 0 spiro atoms. The first-order valence-corrected chi connectivity index (χ1v) is 13.1. The zero-order chi connectivity index (χ0) is 27.6. The maximum Gasteiger partial charge on any atom is 0.320 e. The molecule has 1 rings (SSSR count). The molecule has 0 aromatic heterocycles. The molecule has 0 aliphatic carbocycles. The number of hydrogen-bond donors (Lipinski definition) is 1. The van der Waals surface area contributed by atoms with Crippen molar-refractivity contribution in [3.05, 3.63) is 0 Å². The Morgan fingerprint density at radius 1 is 0.528 bits per heavy atom. The van der Waals surface area contributed by atoms with Crippen molar-refractivity contribution in [2.24, 2.45) is 0 Å². The van der Waals surface area contributed by atoms with Gasteiger partial charge in [0, 0.05) is 39.3 Å². The van der Waals surface area contributed by atoms with Crippen molar-refractivity contribution in [2.45, 2.75) is 79.1 Å². The molecule has 0 unspecified atom stereocenters. The number of rotatable bonds is 6. The summed E-state index contributed by atoms with van der Waals surface area (Å²) in [5.41, 5.74) is -1.63. The van der Waals surface area contributed by atoms with E-state index in [1.54, 1.807) is 0 Å². The summed E-state index contributed by atoms with van der Waals surface area (Å²) in [5.74, 6) is -0.797. The van der Waals surface area contributed by atoms with Crippen molar-refractivity contribution in [3.63, 3.8) is 0 Å². The van der Waals surface area contributed by atoms with Crippen molar-refractivity contribution in [1.29, 1.82) is 0 Å². The Kier molecular flexibility index (Phi) is 12.8. The van der Waals surface area contributed by atoms with E-state index in [0.29, 0.717) is 39.3 Å². The Labute approximate surface area is 218 Å². The number of ether oxygens (including phenoxy) is 3. The lowest BCUT2D eigenvalue weighted by atomic mass is 10.2. The van der Waals surface area contributed by atoms with Gasteiger partial charge in [0.25, 0.3) is 0 Å². The Balaban J connectivity index is 2.89. The summed E-state index contributed by atoms with van der Waals surface area (Å²) in [6, 6.07) is 0. The van der Waals surface area contributed by atoms with Crippen molar-refractivity contribution in [1.82, 2.24) is 14.7 Å². The first kappa shape index (κ1) is 32.3. The normalized spacial score (nSPS) is 18.6. The van der Waals surface area contributed by atoms with Crippen LogP contribution >= 0.6 is 0 Å². The average molecular weight is 516 g/mol. The number of hydrogen-bond acceptors (Lipinski definition) is 9. The minimum atomic E-state index is -0.565. The van der Waals surface area contributed by atoms with Crippen LogP contribution in [0.3, 0.4) is 0 Å². The van der Waals surface area contributed by atoms with Crippen LogP contribution in [0.4, 0.5) is 0 Å². The van der Waals surface area contributed by atoms with Gasteiger partial charge in [-0.25, -0.2) is 0 Å². The Hall–Kier alpha value is -1.75. The largest absolute Gasteiger partial charge is 0.459 e. The molecule has 0 bridgehead atoms. The van der Waals surface area contributed by atoms with E-state index in [4.69, 9.17) is 14.2 Å². The third kappa shape index (κ3) is 16.8. The fraction of sp³-hybridized carbons (Fsp3) is 0.885. The number of esters is 3. The van der Waals surface area contributed by atoms with E-state index >= 15 is 0 Å². The highest BCUT2D eigenvalue weighted by molar-refractivity contribution is 5.73. The number of quaternary nitrogens is 1. The molecular formula is C26H51N4O6+. The monoisotopic (exact) mass is 515 g/mol. The molecule has 0 amide bonds. The molecule has 0 atom stereocenters. The molecule has 0 aromatic carbocycles. The number of nitrogens with zero attached hydrogens (tertiary/aromatic N) is 3. The van der Waals surface area contributed by atoms with Gasteiger partial charge in [0.15, 0.2) is 0 Å². The second-order valence-corrected chi connectivity index (χ2v) is 12.5. The van der Waals surface area contributed by atoms with Gasteiger partial charge in [-0.2, -0.15) is 0 Å². The molecule has 10 nitrogen and oxygen atoms in total. The van der Waals surface area contributed by atoms with E-state index in [9.17, 15) is 14.4 Å². The SMILES string of the molecule is CC(C)(C)OC(=O)CN1CC[NH2+]CCN(CC(=O)OC(C)(C)C)CCN(CC(=O)OC(C)(C)C)CC1. The van der Waals surface area contributed by atoms with Crippen LogP contribution in [0.25, 0.3) is 0 Å². The van der Waals surface area contributed by atoms with Crippen LogP contribution in [0, 0.1) is 0 Å². The van der Waals surface area contributed by atoms with Crippen LogP contribution < -0.4 is 5.32 Å². The maximum atomic E-state index is 12.6. The first-order valence-electron chi connectivity index (χ1n) is 13.1. The van der Waals surface area contributed by atoms with Gasteiger partial charge < -0.3 is 19.5 Å². The molecule has 0 saturated carbocycles. The summed E-state index contributed by atoms with van der Waals surface area (Å²) in [5, 5.41) is 2.20. The molecule has 10 heteroatoms. The highest BCUT2D eigenvalue weighted by Gasteiger charge is 2.24. The van der Waals surface area contributed by atoms with Crippen molar-refractivity contribution in [3.8, 4) is 0 Å². The maximum absolute atomic E-state index is 12.6. The molecular weight excluding hydrogens is 464 g/mol. The fourth-order valence-electron chi connectivity index (χ4n) is 3.74. The van der Waals surface area contributed by atoms with Gasteiger partial charge in [0.1, 0.15) is 16.8 Å². The Morgan fingerprint density at radius 3 is 1.03 bits per heavy atom.